The van der Waals surface area contributed by atoms with Crippen molar-refractivity contribution in [3.8, 4) is 0 Å². The van der Waals surface area contributed by atoms with Crippen molar-refractivity contribution in [3.63, 3.8) is 0 Å². The van der Waals surface area contributed by atoms with Crippen LogP contribution in [0.4, 0.5) is 0 Å². The minimum atomic E-state index is 0.176. The van der Waals surface area contributed by atoms with Gasteiger partial charge in [0.25, 0.3) is 0 Å². The molecule has 1 aliphatic rings. The molecule has 0 fully saturated rings. The highest BCUT2D eigenvalue weighted by atomic mass is 15.2. The molecule has 2 unspecified atom stereocenters. The highest BCUT2D eigenvalue weighted by Crippen LogP contribution is 2.32. The van der Waals surface area contributed by atoms with E-state index in [1.54, 1.807) is 0 Å². The molecule has 0 aliphatic heterocycles. The maximum Gasteiger partial charge on any atom is 0.0459 e. The second-order valence-electron chi connectivity index (χ2n) is 5.78. The van der Waals surface area contributed by atoms with Crippen LogP contribution in [0.5, 0.6) is 0 Å². The van der Waals surface area contributed by atoms with Crippen LogP contribution < -0.4 is 5.73 Å². The van der Waals surface area contributed by atoms with Gasteiger partial charge in [-0.15, -0.1) is 0 Å². The summed E-state index contributed by atoms with van der Waals surface area (Å²) in [7, 11) is 4.26. The first kappa shape index (κ1) is 14.5. The van der Waals surface area contributed by atoms with Gasteiger partial charge in [-0.1, -0.05) is 31.2 Å². The summed E-state index contributed by atoms with van der Waals surface area (Å²) in [5, 5.41) is 0. The summed E-state index contributed by atoms with van der Waals surface area (Å²) < 4.78 is 0. The Bertz CT molecular complexity index is 403. The van der Waals surface area contributed by atoms with Crippen molar-refractivity contribution in [2.24, 2.45) is 5.73 Å². The Hall–Kier alpha value is -0.900. The number of nitrogens with zero attached hydrogens (tertiary/aromatic N) is 2. The molecule has 0 radical (unpaired) electrons. The molecule has 0 aromatic heterocycles. The molecule has 0 heterocycles. The molecule has 0 amide bonds. The van der Waals surface area contributed by atoms with Gasteiger partial charge in [-0.25, -0.2) is 0 Å². The molecular weight excluding hydrogens is 234 g/mol. The van der Waals surface area contributed by atoms with Gasteiger partial charge in [-0.2, -0.15) is 0 Å². The van der Waals surface area contributed by atoms with E-state index in [9.17, 15) is 0 Å². The Morgan fingerprint density at radius 2 is 1.95 bits per heavy atom. The summed E-state index contributed by atoms with van der Waals surface area (Å²) in [6.45, 7) is 5.61. The van der Waals surface area contributed by atoms with Crippen molar-refractivity contribution in [3.05, 3.63) is 35.4 Å². The van der Waals surface area contributed by atoms with E-state index in [0.29, 0.717) is 6.04 Å². The largest absolute Gasteiger partial charge is 0.323 e. The van der Waals surface area contributed by atoms with Crippen LogP contribution in [-0.2, 0) is 6.42 Å². The Morgan fingerprint density at radius 3 is 2.58 bits per heavy atom. The van der Waals surface area contributed by atoms with E-state index in [1.165, 1.54) is 17.5 Å². The second-order valence-corrected chi connectivity index (χ2v) is 5.78. The smallest absolute Gasteiger partial charge is 0.0459 e. The van der Waals surface area contributed by atoms with Gasteiger partial charge in [-0.3, -0.25) is 4.90 Å². The average molecular weight is 261 g/mol. The van der Waals surface area contributed by atoms with E-state index in [2.05, 4.69) is 55.1 Å². The van der Waals surface area contributed by atoms with E-state index in [4.69, 9.17) is 5.73 Å². The molecule has 2 N–H and O–H groups in total. The minimum absolute atomic E-state index is 0.176. The minimum Gasteiger partial charge on any atom is -0.323 e. The first-order valence-corrected chi connectivity index (χ1v) is 7.35. The van der Waals surface area contributed by atoms with Gasteiger partial charge < -0.3 is 10.6 Å². The van der Waals surface area contributed by atoms with Crippen LogP contribution in [0.2, 0.25) is 0 Å². The van der Waals surface area contributed by atoms with Gasteiger partial charge in [0.05, 0.1) is 0 Å². The van der Waals surface area contributed by atoms with Crippen LogP contribution in [0.15, 0.2) is 24.3 Å². The fourth-order valence-electron chi connectivity index (χ4n) is 3.11. The molecule has 2 atom stereocenters. The lowest BCUT2D eigenvalue weighted by atomic mass is 10.1. The molecule has 3 heteroatoms. The fraction of sp³-hybridized carbons (Fsp3) is 0.625. The molecule has 0 saturated heterocycles. The van der Waals surface area contributed by atoms with Crippen molar-refractivity contribution < 1.29 is 0 Å². The standard InChI is InChI=1S/C16H27N3/c1-4-19(11-7-10-18(2)3)15-12-13-8-5-6-9-14(13)16(15)17/h5-6,8-9,15-16H,4,7,10-12,17H2,1-3H3. The maximum atomic E-state index is 6.45. The molecule has 1 aromatic carbocycles. The summed E-state index contributed by atoms with van der Waals surface area (Å²) in [4.78, 5) is 4.80. The maximum absolute atomic E-state index is 6.45. The van der Waals surface area contributed by atoms with Gasteiger partial charge in [-0.05, 0) is 57.7 Å². The Labute approximate surface area is 117 Å². The number of benzene rings is 1. The molecule has 2 rings (SSSR count). The Balaban J connectivity index is 1.98. The van der Waals surface area contributed by atoms with E-state index in [-0.39, 0.29) is 6.04 Å². The van der Waals surface area contributed by atoms with Gasteiger partial charge in [0.2, 0.25) is 0 Å². The molecule has 3 nitrogen and oxygen atoms in total. The molecule has 19 heavy (non-hydrogen) atoms. The Morgan fingerprint density at radius 1 is 1.21 bits per heavy atom. The zero-order chi connectivity index (χ0) is 13.8. The SMILES string of the molecule is CCN(CCCN(C)C)C1Cc2ccccc2C1N. The predicted molar refractivity (Wildman–Crippen MR) is 81.3 cm³/mol. The topological polar surface area (TPSA) is 32.5 Å². The normalized spacial score (nSPS) is 22.2. The first-order valence-electron chi connectivity index (χ1n) is 7.35. The average Bonchev–Trinajstić information content (AvgIpc) is 2.73. The summed E-state index contributed by atoms with van der Waals surface area (Å²) in [5.41, 5.74) is 9.23. The molecule has 106 valence electrons. The van der Waals surface area contributed by atoms with Crippen molar-refractivity contribution in [1.29, 1.82) is 0 Å². The first-order chi connectivity index (χ1) is 9.13. The van der Waals surface area contributed by atoms with E-state index in [1.807, 2.05) is 0 Å². The van der Waals surface area contributed by atoms with E-state index in [0.717, 1.165) is 26.1 Å². The summed E-state index contributed by atoms with van der Waals surface area (Å²) in [5.74, 6) is 0. The zero-order valence-electron chi connectivity index (χ0n) is 12.5. The molecule has 0 bridgehead atoms. The number of hydrogen-bond acceptors (Lipinski definition) is 3. The van der Waals surface area contributed by atoms with Crippen LogP contribution in [0, 0.1) is 0 Å². The van der Waals surface area contributed by atoms with Gasteiger partial charge >= 0.3 is 0 Å². The highest BCUT2D eigenvalue weighted by molar-refractivity contribution is 5.36. The van der Waals surface area contributed by atoms with E-state index >= 15 is 0 Å². The third-order valence-electron chi connectivity index (χ3n) is 4.18. The number of fused-ring (bicyclic) bond motifs is 1. The third kappa shape index (κ3) is 3.35. The zero-order valence-corrected chi connectivity index (χ0v) is 12.5. The quantitative estimate of drug-likeness (QED) is 0.849. The van der Waals surface area contributed by atoms with Gasteiger partial charge in [0.1, 0.15) is 0 Å². The number of rotatable bonds is 6. The van der Waals surface area contributed by atoms with Crippen molar-refractivity contribution in [2.75, 3.05) is 33.7 Å². The van der Waals surface area contributed by atoms with Crippen molar-refractivity contribution in [1.82, 2.24) is 9.80 Å². The van der Waals surface area contributed by atoms with Crippen LogP contribution in [0.1, 0.15) is 30.5 Å². The van der Waals surface area contributed by atoms with Crippen LogP contribution in [0.25, 0.3) is 0 Å². The Kier molecular flexibility index (Phi) is 4.97. The lowest BCUT2D eigenvalue weighted by Crippen LogP contribution is -2.42. The summed E-state index contributed by atoms with van der Waals surface area (Å²) >= 11 is 0. The van der Waals surface area contributed by atoms with Crippen LogP contribution in [0.3, 0.4) is 0 Å². The van der Waals surface area contributed by atoms with Crippen molar-refractivity contribution in [2.45, 2.75) is 31.8 Å². The van der Waals surface area contributed by atoms with Crippen LogP contribution in [-0.4, -0.2) is 49.6 Å². The highest BCUT2D eigenvalue weighted by Gasteiger charge is 2.32. The monoisotopic (exact) mass is 261 g/mol. The number of hydrogen-bond donors (Lipinski definition) is 1. The van der Waals surface area contributed by atoms with Crippen molar-refractivity contribution >= 4 is 0 Å². The fourth-order valence-corrected chi connectivity index (χ4v) is 3.11. The third-order valence-corrected chi connectivity index (χ3v) is 4.18. The van der Waals surface area contributed by atoms with Gasteiger partial charge in [0.15, 0.2) is 0 Å². The summed E-state index contributed by atoms with van der Waals surface area (Å²) in [6.07, 6.45) is 2.31. The predicted octanol–water partition coefficient (Wildman–Crippen LogP) is 1.88. The number of nitrogens with two attached hydrogens (primary N) is 1. The van der Waals surface area contributed by atoms with Gasteiger partial charge in [0, 0.05) is 12.1 Å². The molecule has 0 spiro atoms. The summed E-state index contributed by atoms with van der Waals surface area (Å²) in [6, 6.07) is 9.29. The molecule has 1 aliphatic carbocycles. The molecule has 0 saturated carbocycles. The number of likely N-dealkylation sites (N-methyl/N-ethyl adjacent to an activating group) is 1. The molecular formula is C16H27N3. The molecule has 1 aromatic rings. The van der Waals surface area contributed by atoms with Crippen LogP contribution >= 0.6 is 0 Å². The lowest BCUT2D eigenvalue weighted by molar-refractivity contribution is 0.180. The lowest BCUT2D eigenvalue weighted by Gasteiger charge is -2.31. The van der Waals surface area contributed by atoms with E-state index < -0.39 is 0 Å². The second kappa shape index (κ2) is 6.51.